The lowest BCUT2D eigenvalue weighted by atomic mass is 10.1. The Kier molecular flexibility index (Phi) is 3.02. The molecule has 0 aromatic heterocycles. The summed E-state index contributed by atoms with van der Waals surface area (Å²) < 4.78 is 0. The van der Waals surface area contributed by atoms with Gasteiger partial charge in [-0.15, -0.1) is 0 Å². The number of rotatable bonds is 5. The number of anilines is 1. The molecule has 0 bridgehead atoms. The first-order valence-electron chi connectivity index (χ1n) is 5.67. The molecule has 92 valence electrons. The number of aryl methyl sites for hydroxylation is 1. The zero-order valence-electron chi connectivity index (χ0n) is 9.77. The molecular weight excluding hydrogens is 220 g/mol. The van der Waals surface area contributed by atoms with Gasteiger partial charge in [0.2, 0.25) is 0 Å². The summed E-state index contributed by atoms with van der Waals surface area (Å²) >= 11 is 0. The minimum atomic E-state index is -0.381. The number of aliphatic hydroxyl groups is 1. The van der Waals surface area contributed by atoms with Crippen LogP contribution in [0.1, 0.15) is 18.4 Å². The Hall–Kier alpha value is -1.62. The van der Waals surface area contributed by atoms with E-state index in [2.05, 4.69) is 5.32 Å². The van der Waals surface area contributed by atoms with E-state index in [1.807, 2.05) is 13.0 Å². The molecule has 0 saturated heterocycles. The molecule has 1 aliphatic rings. The lowest BCUT2D eigenvalue weighted by Crippen LogP contribution is -2.20. The van der Waals surface area contributed by atoms with Crippen LogP contribution in [0.25, 0.3) is 0 Å². The summed E-state index contributed by atoms with van der Waals surface area (Å²) in [7, 11) is 0. The van der Waals surface area contributed by atoms with Crippen LogP contribution >= 0.6 is 0 Å². The van der Waals surface area contributed by atoms with E-state index in [1.54, 1.807) is 6.07 Å². The second-order valence-corrected chi connectivity index (χ2v) is 4.74. The van der Waals surface area contributed by atoms with Crippen LogP contribution in [0.3, 0.4) is 0 Å². The van der Waals surface area contributed by atoms with Crippen LogP contribution in [-0.4, -0.2) is 23.2 Å². The van der Waals surface area contributed by atoms with E-state index < -0.39 is 0 Å². The molecule has 0 aliphatic heterocycles. The molecular formula is C12H16N2O3. The van der Waals surface area contributed by atoms with Gasteiger partial charge in [-0.05, 0) is 25.3 Å². The summed E-state index contributed by atoms with van der Waals surface area (Å²) in [4.78, 5) is 10.5. The average molecular weight is 236 g/mol. The van der Waals surface area contributed by atoms with E-state index in [9.17, 15) is 15.2 Å². The number of aliphatic hydroxyl groups excluding tert-OH is 1. The van der Waals surface area contributed by atoms with Gasteiger partial charge in [-0.3, -0.25) is 10.1 Å². The maximum absolute atomic E-state index is 10.9. The van der Waals surface area contributed by atoms with Crippen molar-refractivity contribution in [3.63, 3.8) is 0 Å². The summed E-state index contributed by atoms with van der Waals surface area (Å²) in [6.45, 7) is 2.57. The molecule has 2 N–H and O–H groups in total. The van der Waals surface area contributed by atoms with Gasteiger partial charge in [0.25, 0.3) is 5.69 Å². The Bertz CT molecular complexity index is 441. The number of nitro groups is 1. The predicted molar refractivity (Wildman–Crippen MR) is 65.1 cm³/mol. The topological polar surface area (TPSA) is 75.4 Å². The fraction of sp³-hybridized carbons (Fsp3) is 0.500. The molecule has 5 nitrogen and oxygen atoms in total. The van der Waals surface area contributed by atoms with Crippen molar-refractivity contribution in [2.24, 2.45) is 5.41 Å². The number of hydrogen-bond donors (Lipinski definition) is 2. The van der Waals surface area contributed by atoms with Gasteiger partial charge in [0.15, 0.2) is 0 Å². The third-order valence-electron chi connectivity index (χ3n) is 3.38. The monoisotopic (exact) mass is 236 g/mol. The second kappa shape index (κ2) is 4.33. The number of nitrogens with zero attached hydrogens (tertiary/aromatic N) is 1. The number of hydrogen-bond acceptors (Lipinski definition) is 4. The van der Waals surface area contributed by atoms with Crippen molar-refractivity contribution in [3.05, 3.63) is 33.9 Å². The summed E-state index contributed by atoms with van der Waals surface area (Å²) in [5.74, 6) is 0. The van der Waals surface area contributed by atoms with Gasteiger partial charge in [0.05, 0.1) is 11.5 Å². The average Bonchev–Trinajstić information content (AvgIpc) is 3.08. The van der Waals surface area contributed by atoms with E-state index in [1.165, 1.54) is 6.07 Å². The van der Waals surface area contributed by atoms with Crippen LogP contribution in [0.2, 0.25) is 0 Å². The molecule has 1 aromatic carbocycles. The molecule has 1 fully saturated rings. The number of para-hydroxylation sites is 1. The highest BCUT2D eigenvalue weighted by Crippen LogP contribution is 2.45. The van der Waals surface area contributed by atoms with E-state index in [0.717, 1.165) is 18.4 Å². The zero-order valence-corrected chi connectivity index (χ0v) is 9.77. The predicted octanol–water partition coefficient (Wildman–Crippen LogP) is 2.09. The second-order valence-electron chi connectivity index (χ2n) is 4.74. The standard InChI is InChI=1S/C12H16N2O3/c1-9-3-2-4-10(14(16)17)11(9)13-7-12(8-15)5-6-12/h2-4,13,15H,5-8H2,1H3. The minimum absolute atomic E-state index is 0.0594. The molecule has 0 atom stereocenters. The van der Waals surface area contributed by atoms with Crippen molar-refractivity contribution >= 4 is 11.4 Å². The highest BCUT2D eigenvalue weighted by Gasteiger charge is 2.42. The maximum Gasteiger partial charge on any atom is 0.292 e. The molecule has 2 rings (SSSR count). The third-order valence-corrected chi connectivity index (χ3v) is 3.38. The summed E-state index contributed by atoms with van der Waals surface area (Å²) in [5, 5.41) is 23.2. The Morgan fingerprint density at radius 1 is 1.53 bits per heavy atom. The van der Waals surface area contributed by atoms with Gasteiger partial charge in [0, 0.05) is 18.0 Å². The first-order valence-corrected chi connectivity index (χ1v) is 5.67. The Morgan fingerprint density at radius 2 is 2.24 bits per heavy atom. The van der Waals surface area contributed by atoms with Crippen LogP contribution < -0.4 is 5.32 Å². The van der Waals surface area contributed by atoms with Gasteiger partial charge in [-0.1, -0.05) is 12.1 Å². The van der Waals surface area contributed by atoms with E-state index >= 15 is 0 Å². The van der Waals surface area contributed by atoms with Gasteiger partial charge in [0.1, 0.15) is 5.69 Å². The Morgan fingerprint density at radius 3 is 2.76 bits per heavy atom. The van der Waals surface area contributed by atoms with E-state index in [4.69, 9.17) is 0 Å². The van der Waals surface area contributed by atoms with Crippen molar-refractivity contribution in [2.75, 3.05) is 18.5 Å². The largest absolute Gasteiger partial charge is 0.396 e. The molecule has 17 heavy (non-hydrogen) atoms. The first-order chi connectivity index (χ1) is 8.08. The van der Waals surface area contributed by atoms with Gasteiger partial charge in [-0.2, -0.15) is 0 Å². The van der Waals surface area contributed by atoms with Crippen molar-refractivity contribution < 1.29 is 10.0 Å². The Labute approximate surface area is 99.6 Å². The van der Waals surface area contributed by atoms with Crippen LogP contribution in [0.4, 0.5) is 11.4 Å². The van der Waals surface area contributed by atoms with E-state index in [-0.39, 0.29) is 22.6 Å². The first kappa shape index (κ1) is 11.9. The van der Waals surface area contributed by atoms with Gasteiger partial charge in [-0.25, -0.2) is 0 Å². The molecule has 1 aromatic rings. The number of nitro benzene ring substituents is 1. The molecule has 0 spiro atoms. The van der Waals surface area contributed by atoms with Crippen molar-refractivity contribution in [1.82, 2.24) is 0 Å². The molecule has 0 heterocycles. The summed E-state index contributed by atoms with van der Waals surface area (Å²) in [5.41, 5.74) is 1.46. The highest BCUT2D eigenvalue weighted by atomic mass is 16.6. The van der Waals surface area contributed by atoms with Crippen LogP contribution in [-0.2, 0) is 0 Å². The van der Waals surface area contributed by atoms with Gasteiger partial charge < -0.3 is 10.4 Å². The smallest absolute Gasteiger partial charge is 0.292 e. The fourth-order valence-electron chi connectivity index (χ4n) is 1.88. The molecule has 1 aliphatic carbocycles. The van der Waals surface area contributed by atoms with E-state index in [0.29, 0.717) is 12.2 Å². The summed E-state index contributed by atoms with van der Waals surface area (Å²) in [6.07, 6.45) is 1.96. The SMILES string of the molecule is Cc1cccc([N+](=O)[O-])c1NCC1(CO)CC1. The van der Waals surface area contributed by atoms with Crippen molar-refractivity contribution in [1.29, 1.82) is 0 Å². The molecule has 0 amide bonds. The minimum Gasteiger partial charge on any atom is -0.396 e. The molecule has 0 unspecified atom stereocenters. The number of nitrogens with one attached hydrogen (secondary N) is 1. The quantitative estimate of drug-likeness (QED) is 0.606. The molecule has 5 heteroatoms. The maximum atomic E-state index is 10.9. The molecule has 1 saturated carbocycles. The fourth-order valence-corrected chi connectivity index (χ4v) is 1.88. The van der Waals surface area contributed by atoms with Gasteiger partial charge >= 0.3 is 0 Å². The number of benzene rings is 1. The van der Waals surface area contributed by atoms with Crippen molar-refractivity contribution in [3.8, 4) is 0 Å². The lowest BCUT2D eigenvalue weighted by molar-refractivity contribution is -0.384. The lowest BCUT2D eigenvalue weighted by Gasteiger charge is -2.15. The van der Waals surface area contributed by atoms with Crippen molar-refractivity contribution in [2.45, 2.75) is 19.8 Å². The third kappa shape index (κ3) is 2.39. The molecule has 0 radical (unpaired) electrons. The normalized spacial score (nSPS) is 16.6. The van der Waals surface area contributed by atoms with Crippen LogP contribution in [0.15, 0.2) is 18.2 Å². The van der Waals surface area contributed by atoms with Crippen LogP contribution in [0.5, 0.6) is 0 Å². The summed E-state index contributed by atoms with van der Waals surface area (Å²) in [6, 6.07) is 5.01. The highest BCUT2D eigenvalue weighted by molar-refractivity contribution is 5.66. The Balaban J connectivity index is 2.17. The zero-order chi connectivity index (χ0) is 12.5. The van der Waals surface area contributed by atoms with Crippen LogP contribution in [0, 0.1) is 22.5 Å².